The molecule has 8 nitrogen and oxygen atoms in total. The normalized spacial score (nSPS) is 20.0. The van der Waals surface area contributed by atoms with Gasteiger partial charge in [0, 0.05) is 19.1 Å². The molecule has 0 bridgehead atoms. The summed E-state index contributed by atoms with van der Waals surface area (Å²) >= 11 is 0. The molecule has 2 fully saturated rings. The first kappa shape index (κ1) is 21.6. The lowest BCUT2D eigenvalue weighted by Crippen LogP contribution is -2.36. The van der Waals surface area contributed by atoms with Gasteiger partial charge in [0.25, 0.3) is 5.91 Å². The van der Waals surface area contributed by atoms with Crippen LogP contribution in [0.5, 0.6) is 11.5 Å². The molecule has 0 unspecified atom stereocenters. The van der Waals surface area contributed by atoms with Crippen LogP contribution in [0.1, 0.15) is 67.5 Å². The van der Waals surface area contributed by atoms with Gasteiger partial charge in [-0.3, -0.25) is 9.69 Å². The quantitative estimate of drug-likeness (QED) is 0.697. The van der Waals surface area contributed by atoms with Gasteiger partial charge in [-0.1, -0.05) is 24.1 Å². The van der Waals surface area contributed by atoms with Gasteiger partial charge in [0.05, 0.1) is 26.0 Å². The number of methoxy groups -OCH3 is 1. The Morgan fingerprint density at radius 2 is 2.03 bits per heavy atom. The summed E-state index contributed by atoms with van der Waals surface area (Å²) in [5.74, 6) is 1.44. The highest BCUT2D eigenvalue weighted by molar-refractivity contribution is 5.92. The first-order valence-corrected chi connectivity index (χ1v) is 11.4. The number of benzene rings is 1. The van der Waals surface area contributed by atoms with E-state index in [-0.39, 0.29) is 18.0 Å². The molecule has 168 valence electrons. The minimum absolute atomic E-state index is 0.104. The summed E-state index contributed by atoms with van der Waals surface area (Å²) in [5.41, 5.74) is 1.61. The van der Waals surface area contributed by atoms with Gasteiger partial charge >= 0.3 is 0 Å². The molecular weight excluding hydrogens is 394 g/mol. The fourth-order valence-corrected chi connectivity index (χ4v) is 4.63. The predicted octanol–water partition coefficient (Wildman–Crippen LogP) is 3.19. The molecule has 4 rings (SSSR count). The van der Waals surface area contributed by atoms with Crippen LogP contribution in [0.15, 0.2) is 24.4 Å². The molecule has 1 aliphatic carbocycles. The molecule has 1 aromatic carbocycles. The maximum atomic E-state index is 12.5. The molecule has 0 spiro atoms. The number of piperidine rings is 1. The Kier molecular flexibility index (Phi) is 7.06. The van der Waals surface area contributed by atoms with E-state index in [0.29, 0.717) is 12.3 Å². The maximum Gasteiger partial charge on any atom is 0.273 e. The predicted molar refractivity (Wildman–Crippen MR) is 117 cm³/mol. The van der Waals surface area contributed by atoms with Crippen molar-refractivity contribution in [1.82, 2.24) is 25.2 Å². The Bertz CT molecular complexity index is 878. The van der Waals surface area contributed by atoms with Gasteiger partial charge in [-0.2, -0.15) is 0 Å². The second-order valence-corrected chi connectivity index (χ2v) is 8.49. The van der Waals surface area contributed by atoms with Gasteiger partial charge in [-0.05, 0) is 56.8 Å². The van der Waals surface area contributed by atoms with Gasteiger partial charge in [-0.25, -0.2) is 4.68 Å². The van der Waals surface area contributed by atoms with Gasteiger partial charge in [-0.15, -0.1) is 5.10 Å². The standard InChI is InChI=1S/C23H33N5O3/c1-3-31-22-13-17(10-11-21(22)30-2)14-27-12-6-9-19(15-27)28-16-20(25-26-28)23(29)24-18-7-4-5-8-18/h10-11,13,16,18-19H,3-9,12,14-15H2,1-2H3,(H,24,29)/t19-/m0/s1. The van der Waals surface area contributed by atoms with Crippen molar-refractivity contribution in [2.45, 2.75) is 64.1 Å². The minimum atomic E-state index is -0.104. The van der Waals surface area contributed by atoms with Crippen LogP contribution >= 0.6 is 0 Å². The summed E-state index contributed by atoms with van der Waals surface area (Å²) in [6.45, 7) is 5.33. The molecule has 1 aliphatic heterocycles. The van der Waals surface area contributed by atoms with E-state index in [0.717, 1.165) is 56.8 Å². The van der Waals surface area contributed by atoms with E-state index in [1.807, 2.05) is 17.7 Å². The van der Waals surface area contributed by atoms with Crippen LogP contribution < -0.4 is 14.8 Å². The first-order chi connectivity index (χ1) is 15.2. The van der Waals surface area contributed by atoms with Crippen molar-refractivity contribution in [2.24, 2.45) is 0 Å². The third-order valence-electron chi connectivity index (χ3n) is 6.22. The van der Waals surface area contributed by atoms with Crippen molar-refractivity contribution in [2.75, 3.05) is 26.8 Å². The van der Waals surface area contributed by atoms with E-state index in [4.69, 9.17) is 9.47 Å². The van der Waals surface area contributed by atoms with Crippen LogP contribution in [0.25, 0.3) is 0 Å². The number of hydrogen-bond donors (Lipinski definition) is 1. The Morgan fingerprint density at radius 3 is 2.81 bits per heavy atom. The van der Waals surface area contributed by atoms with E-state index >= 15 is 0 Å². The van der Waals surface area contributed by atoms with Crippen molar-refractivity contribution in [1.29, 1.82) is 0 Å². The minimum Gasteiger partial charge on any atom is -0.493 e. The van der Waals surface area contributed by atoms with Crippen molar-refractivity contribution >= 4 is 5.91 Å². The van der Waals surface area contributed by atoms with Crippen LogP contribution in [0.2, 0.25) is 0 Å². The van der Waals surface area contributed by atoms with Crippen molar-refractivity contribution in [3.05, 3.63) is 35.7 Å². The zero-order valence-corrected chi connectivity index (χ0v) is 18.5. The Balaban J connectivity index is 1.37. The van der Waals surface area contributed by atoms with Crippen molar-refractivity contribution < 1.29 is 14.3 Å². The molecule has 2 heterocycles. The van der Waals surface area contributed by atoms with E-state index in [1.54, 1.807) is 13.3 Å². The molecule has 1 aromatic heterocycles. The molecule has 2 aromatic rings. The van der Waals surface area contributed by atoms with Crippen LogP contribution in [-0.2, 0) is 6.54 Å². The Morgan fingerprint density at radius 1 is 1.19 bits per heavy atom. The third kappa shape index (κ3) is 5.36. The number of carbonyl (C=O) groups excluding carboxylic acids is 1. The van der Waals surface area contributed by atoms with Gasteiger partial charge in [0.2, 0.25) is 0 Å². The Hall–Kier alpha value is -2.61. The number of rotatable bonds is 8. The fourth-order valence-electron chi connectivity index (χ4n) is 4.63. The average molecular weight is 428 g/mol. The monoisotopic (exact) mass is 427 g/mol. The van der Waals surface area contributed by atoms with Crippen molar-refractivity contribution in [3.8, 4) is 11.5 Å². The number of ether oxygens (including phenoxy) is 2. The molecule has 0 radical (unpaired) electrons. The lowest BCUT2D eigenvalue weighted by atomic mass is 10.0. The van der Waals surface area contributed by atoms with E-state index in [2.05, 4.69) is 32.7 Å². The fraction of sp³-hybridized carbons (Fsp3) is 0.609. The average Bonchev–Trinajstić information content (AvgIpc) is 3.47. The number of carbonyl (C=O) groups is 1. The second-order valence-electron chi connectivity index (χ2n) is 8.49. The summed E-state index contributed by atoms with van der Waals surface area (Å²) in [7, 11) is 1.66. The number of aromatic nitrogens is 3. The number of nitrogens with one attached hydrogen (secondary N) is 1. The Labute approximate surface area is 183 Å². The lowest BCUT2D eigenvalue weighted by Gasteiger charge is -2.32. The van der Waals surface area contributed by atoms with Crippen LogP contribution in [0, 0.1) is 0 Å². The summed E-state index contributed by atoms with van der Waals surface area (Å²) < 4.78 is 13.0. The van der Waals surface area contributed by atoms with Gasteiger partial charge < -0.3 is 14.8 Å². The van der Waals surface area contributed by atoms with Crippen molar-refractivity contribution in [3.63, 3.8) is 0 Å². The molecule has 31 heavy (non-hydrogen) atoms. The molecule has 1 atom stereocenters. The topological polar surface area (TPSA) is 81.5 Å². The summed E-state index contributed by atoms with van der Waals surface area (Å²) in [6, 6.07) is 6.63. The molecule has 1 saturated heterocycles. The summed E-state index contributed by atoms with van der Waals surface area (Å²) in [6.07, 6.45) is 8.44. The van der Waals surface area contributed by atoms with E-state index < -0.39 is 0 Å². The highest BCUT2D eigenvalue weighted by atomic mass is 16.5. The van der Waals surface area contributed by atoms with Crippen LogP contribution in [0.4, 0.5) is 0 Å². The van der Waals surface area contributed by atoms with Crippen LogP contribution in [0.3, 0.4) is 0 Å². The molecule has 1 saturated carbocycles. The number of likely N-dealkylation sites (tertiary alicyclic amines) is 1. The second kappa shape index (κ2) is 10.1. The highest BCUT2D eigenvalue weighted by Gasteiger charge is 2.25. The largest absolute Gasteiger partial charge is 0.493 e. The smallest absolute Gasteiger partial charge is 0.273 e. The molecule has 2 aliphatic rings. The highest BCUT2D eigenvalue weighted by Crippen LogP contribution is 2.29. The first-order valence-electron chi connectivity index (χ1n) is 11.4. The van der Waals surface area contributed by atoms with Crippen LogP contribution in [-0.4, -0.2) is 58.6 Å². The zero-order valence-electron chi connectivity index (χ0n) is 18.5. The van der Waals surface area contributed by atoms with E-state index in [9.17, 15) is 4.79 Å². The SMILES string of the molecule is CCOc1cc(CN2CCC[C@H](n3cc(C(=O)NC4CCCC4)nn3)C2)ccc1OC. The molecular formula is C23H33N5O3. The lowest BCUT2D eigenvalue weighted by molar-refractivity contribution is 0.0932. The maximum absolute atomic E-state index is 12.5. The summed E-state index contributed by atoms with van der Waals surface area (Å²) in [5, 5.41) is 11.5. The van der Waals surface area contributed by atoms with Gasteiger partial charge in [0.15, 0.2) is 17.2 Å². The molecule has 1 amide bonds. The molecule has 1 N–H and O–H groups in total. The zero-order chi connectivity index (χ0) is 21.6. The third-order valence-corrected chi connectivity index (χ3v) is 6.22. The molecule has 8 heteroatoms. The number of nitrogens with zero attached hydrogens (tertiary/aromatic N) is 4. The van der Waals surface area contributed by atoms with Gasteiger partial charge in [0.1, 0.15) is 0 Å². The van der Waals surface area contributed by atoms with E-state index in [1.165, 1.54) is 18.4 Å². The number of hydrogen-bond acceptors (Lipinski definition) is 6. The number of amides is 1. The summed E-state index contributed by atoms with van der Waals surface area (Å²) in [4.78, 5) is 14.9.